The molecule has 1 atom stereocenters. The van der Waals surface area contributed by atoms with Crippen molar-refractivity contribution < 1.29 is 17.6 Å². The van der Waals surface area contributed by atoms with Crippen LogP contribution < -0.4 is 10.5 Å². The van der Waals surface area contributed by atoms with Gasteiger partial charge in [0.1, 0.15) is 16.4 Å². The van der Waals surface area contributed by atoms with E-state index in [0.29, 0.717) is 19.5 Å². The molecule has 1 aliphatic rings. The van der Waals surface area contributed by atoms with Gasteiger partial charge in [-0.15, -0.1) is 12.4 Å². The van der Waals surface area contributed by atoms with Crippen LogP contribution in [0.25, 0.3) is 0 Å². The number of H-pyrrole nitrogens is 1. The molecule has 1 unspecified atom stereocenters. The average molecular weight is 431 g/mol. The number of anilines is 1. The van der Waals surface area contributed by atoms with Gasteiger partial charge in [0.2, 0.25) is 0 Å². The topological polar surface area (TPSA) is 108 Å². The molecule has 0 saturated carbocycles. The maximum Gasteiger partial charge on any atom is 0.270 e. The van der Waals surface area contributed by atoms with Crippen molar-refractivity contribution >= 4 is 34.0 Å². The zero-order valence-electron chi connectivity index (χ0n) is 15.6. The van der Waals surface area contributed by atoms with Crippen LogP contribution in [-0.2, 0) is 10.0 Å². The first-order valence-corrected chi connectivity index (χ1v) is 10.1. The lowest BCUT2D eigenvalue weighted by molar-refractivity contribution is 0.0528. The van der Waals surface area contributed by atoms with Crippen molar-refractivity contribution in [1.29, 1.82) is 0 Å². The minimum Gasteiger partial charge on any atom is -0.356 e. The van der Waals surface area contributed by atoms with Gasteiger partial charge in [0, 0.05) is 25.3 Å². The Hall–Kier alpha value is -2.10. The number of aromatic nitrogens is 1. The number of hydrogen-bond acceptors (Lipinski definition) is 4. The van der Waals surface area contributed by atoms with E-state index in [9.17, 15) is 17.6 Å². The third kappa shape index (κ3) is 4.48. The fourth-order valence-corrected chi connectivity index (χ4v) is 4.18. The summed E-state index contributed by atoms with van der Waals surface area (Å²) in [5.41, 5.74) is 5.88. The molecule has 1 amide bonds. The molecule has 28 heavy (non-hydrogen) atoms. The number of hydrogen-bond donors (Lipinski definition) is 3. The van der Waals surface area contributed by atoms with Gasteiger partial charge < -0.3 is 15.6 Å². The van der Waals surface area contributed by atoms with Gasteiger partial charge in [-0.05, 0) is 30.0 Å². The highest BCUT2D eigenvalue weighted by molar-refractivity contribution is 7.92. The number of benzene rings is 1. The maximum atomic E-state index is 13.7. The Labute approximate surface area is 170 Å². The first-order valence-electron chi connectivity index (χ1n) is 8.61. The van der Waals surface area contributed by atoms with E-state index in [0.717, 1.165) is 6.07 Å². The van der Waals surface area contributed by atoms with Crippen molar-refractivity contribution in [3.63, 3.8) is 0 Å². The molecule has 1 aliphatic heterocycles. The largest absolute Gasteiger partial charge is 0.356 e. The quantitative estimate of drug-likeness (QED) is 0.692. The van der Waals surface area contributed by atoms with Crippen LogP contribution in [0, 0.1) is 11.2 Å². The smallest absolute Gasteiger partial charge is 0.270 e. The number of carbonyl (C=O) groups excluding carboxylic acids is 1. The number of nitrogens with one attached hydrogen (secondary N) is 2. The molecule has 0 radical (unpaired) electrons. The minimum absolute atomic E-state index is 0. The second-order valence-electron chi connectivity index (χ2n) is 7.44. The number of nitrogens with zero attached hydrogens (tertiary/aromatic N) is 1. The molecule has 2 heterocycles. The van der Waals surface area contributed by atoms with Gasteiger partial charge in [0.05, 0.1) is 5.69 Å². The van der Waals surface area contributed by atoms with Crippen LogP contribution in [0.5, 0.6) is 0 Å². The number of para-hydroxylation sites is 1. The molecule has 1 aromatic heterocycles. The van der Waals surface area contributed by atoms with Gasteiger partial charge in [-0.1, -0.05) is 26.0 Å². The molecular formula is C18H24ClFN4O3S. The third-order valence-electron chi connectivity index (χ3n) is 4.91. The van der Waals surface area contributed by atoms with Gasteiger partial charge in [-0.25, -0.2) is 12.8 Å². The number of piperidine rings is 1. The summed E-state index contributed by atoms with van der Waals surface area (Å²) in [6.07, 6.45) is 1.90. The number of nitrogens with two attached hydrogens (primary N) is 1. The first-order chi connectivity index (χ1) is 12.6. The lowest BCUT2D eigenvalue weighted by Gasteiger charge is -2.42. The average Bonchev–Trinajstić information content (AvgIpc) is 3.09. The molecular weight excluding hydrogens is 407 g/mol. The van der Waals surface area contributed by atoms with Crippen molar-refractivity contribution in [3.05, 3.63) is 48.0 Å². The Bertz CT molecular complexity index is 961. The van der Waals surface area contributed by atoms with E-state index in [1.54, 1.807) is 4.90 Å². The van der Waals surface area contributed by atoms with Crippen LogP contribution in [0.1, 0.15) is 30.8 Å². The Balaban J connectivity index is 0.00000280. The second-order valence-corrected chi connectivity index (χ2v) is 9.13. The summed E-state index contributed by atoms with van der Waals surface area (Å²) in [4.78, 5) is 17.0. The third-order valence-corrected chi connectivity index (χ3v) is 6.26. The van der Waals surface area contributed by atoms with Crippen LogP contribution in [-0.4, -0.2) is 43.3 Å². The molecule has 7 nitrogen and oxygen atoms in total. The number of halogens is 2. The summed E-state index contributed by atoms with van der Waals surface area (Å²) in [5, 5.41) is 0. The minimum atomic E-state index is -4.02. The van der Waals surface area contributed by atoms with Gasteiger partial charge in [-0.2, -0.15) is 0 Å². The van der Waals surface area contributed by atoms with Gasteiger partial charge in [-0.3, -0.25) is 9.52 Å². The lowest BCUT2D eigenvalue weighted by atomic mass is 9.79. The van der Waals surface area contributed by atoms with Crippen LogP contribution >= 0.6 is 12.4 Å². The van der Waals surface area contributed by atoms with Gasteiger partial charge >= 0.3 is 0 Å². The highest BCUT2D eigenvalue weighted by Crippen LogP contribution is 2.29. The fraction of sp³-hybridized carbons (Fsp3) is 0.389. The predicted molar refractivity (Wildman–Crippen MR) is 108 cm³/mol. The fourth-order valence-electron chi connectivity index (χ4n) is 3.12. The Kier molecular flexibility index (Phi) is 6.42. The van der Waals surface area contributed by atoms with Crippen LogP contribution in [0.3, 0.4) is 0 Å². The van der Waals surface area contributed by atoms with E-state index in [1.807, 2.05) is 13.8 Å². The molecule has 2 aromatic rings. The molecule has 154 valence electrons. The maximum absolute atomic E-state index is 13.7. The molecule has 0 spiro atoms. The Morgan fingerprint density at radius 3 is 2.68 bits per heavy atom. The van der Waals surface area contributed by atoms with E-state index >= 15 is 0 Å². The van der Waals surface area contributed by atoms with Crippen molar-refractivity contribution in [1.82, 2.24) is 9.88 Å². The summed E-state index contributed by atoms with van der Waals surface area (Å²) in [6.45, 7) is 5.00. The predicted octanol–water partition coefficient (Wildman–Crippen LogP) is 2.58. The summed E-state index contributed by atoms with van der Waals surface area (Å²) in [7, 11) is -4.02. The zero-order valence-corrected chi connectivity index (χ0v) is 17.2. The highest BCUT2D eigenvalue weighted by atomic mass is 35.5. The van der Waals surface area contributed by atoms with E-state index in [2.05, 4.69) is 9.71 Å². The summed E-state index contributed by atoms with van der Waals surface area (Å²) >= 11 is 0. The zero-order chi connectivity index (χ0) is 19.8. The van der Waals surface area contributed by atoms with Crippen LogP contribution in [0.4, 0.5) is 10.1 Å². The van der Waals surface area contributed by atoms with Crippen LogP contribution in [0.2, 0.25) is 0 Å². The van der Waals surface area contributed by atoms with Crippen LogP contribution in [0.15, 0.2) is 41.4 Å². The van der Waals surface area contributed by atoms with E-state index in [-0.39, 0.29) is 46.0 Å². The lowest BCUT2D eigenvalue weighted by Crippen LogP contribution is -2.54. The second kappa shape index (κ2) is 8.10. The van der Waals surface area contributed by atoms with Crippen molar-refractivity contribution in [2.75, 3.05) is 17.8 Å². The van der Waals surface area contributed by atoms with E-state index in [1.165, 1.54) is 30.5 Å². The first kappa shape index (κ1) is 22.2. The number of carbonyl (C=O) groups is 1. The molecule has 3 rings (SSSR count). The highest BCUT2D eigenvalue weighted by Gasteiger charge is 2.36. The summed E-state index contributed by atoms with van der Waals surface area (Å²) in [5.74, 6) is -0.970. The van der Waals surface area contributed by atoms with Crippen molar-refractivity contribution in [2.45, 2.75) is 31.2 Å². The number of sulfonamides is 1. The standard InChI is InChI=1S/C18H23FN4O3S.ClH/c1-18(2)11-23(8-7-16(18)20)17(24)15-9-12(10-21-15)27(25,26)22-14-6-4-3-5-13(14)19;/h3-6,9-10,16,21-22H,7-8,11,20H2,1-2H3;1H. The normalized spacial score (nSPS) is 19.0. The molecule has 1 aromatic carbocycles. The monoisotopic (exact) mass is 430 g/mol. The molecule has 0 bridgehead atoms. The number of likely N-dealkylation sites (tertiary alicyclic amines) is 1. The number of aromatic amines is 1. The molecule has 1 fully saturated rings. The van der Waals surface area contributed by atoms with Crippen molar-refractivity contribution in [3.8, 4) is 0 Å². The summed E-state index contributed by atoms with van der Waals surface area (Å²) < 4.78 is 40.8. The molecule has 1 saturated heterocycles. The number of rotatable bonds is 4. The SMILES string of the molecule is CC1(C)CN(C(=O)c2cc(S(=O)(=O)Nc3ccccc3F)c[nH]2)CCC1N.Cl. The molecule has 4 N–H and O–H groups in total. The molecule has 10 heteroatoms. The van der Waals surface area contributed by atoms with Gasteiger partial charge in [0.25, 0.3) is 15.9 Å². The van der Waals surface area contributed by atoms with E-state index in [4.69, 9.17) is 5.73 Å². The summed E-state index contributed by atoms with van der Waals surface area (Å²) in [6, 6.07) is 6.73. The van der Waals surface area contributed by atoms with Crippen molar-refractivity contribution in [2.24, 2.45) is 11.1 Å². The van der Waals surface area contributed by atoms with E-state index < -0.39 is 15.8 Å². The Morgan fingerprint density at radius 1 is 1.36 bits per heavy atom. The van der Waals surface area contributed by atoms with Gasteiger partial charge in [0.15, 0.2) is 0 Å². The Morgan fingerprint density at radius 2 is 2.04 bits per heavy atom. The number of amides is 1. The molecule has 0 aliphatic carbocycles.